The summed E-state index contributed by atoms with van der Waals surface area (Å²) in [7, 11) is 0. The van der Waals surface area contributed by atoms with Crippen LogP contribution in [0.4, 0.5) is 18.9 Å². The topological polar surface area (TPSA) is 36.7 Å². The first kappa shape index (κ1) is 21.2. The third-order valence-electron chi connectivity index (χ3n) is 5.73. The van der Waals surface area contributed by atoms with E-state index < -0.39 is 11.6 Å². The number of hydrogen-bond donors (Lipinski definition) is 0. The number of furan rings is 1. The molecule has 1 aromatic heterocycles. The largest absolute Gasteiger partial charge is 0.459 e. The molecule has 0 spiro atoms. The molecule has 0 radical (unpaired) electrons. The van der Waals surface area contributed by atoms with Crippen LogP contribution >= 0.6 is 0 Å². The molecule has 0 N–H and O–H groups in total. The summed E-state index contributed by atoms with van der Waals surface area (Å²) in [5.74, 6) is -2.21. The highest BCUT2D eigenvalue weighted by molar-refractivity contribution is 6.04. The highest BCUT2D eigenvalue weighted by Gasteiger charge is 2.31. The number of likely N-dealkylation sites (tertiary alicyclic amines) is 1. The normalized spacial score (nSPS) is 15.2. The van der Waals surface area contributed by atoms with Gasteiger partial charge in [-0.15, -0.1) is 0 Å². The van der Waals surface area contributed by atoms with Crippen LogP contribution in [-0.4, -0.2) is 29.9 Å². The summed E-state index contributed by atoms with van der Waals surface area (Å²) in [5.41, 5.74) is 1.28. The number of carbonyl (C=O) groups excluding carboxylic acids is 1. The van der Waals surface area contributed by atoms with Crippen molar-refractivity contribution >= 4 is 11.6 Å². The number of halogens is 3. The van der Waals surface area contributed by atoms with Crippen LogP contribution in [0.1, 0.15) is 34.5 Å². The SMILES string of the molecule is Cc1ccc(N(C(=O)c2ccco2)C2CCN(Cc3cccc(F)c3F)CC2)cc1F. The number of benzene rings is 2. The first-order chi connectivity index (χ1) is 14.9. The minimum atomic E-state index is -0.857. The molecular weight excluding hydrogens is 405 g/mol. The Kier molecular flexibility index (Phi) is 6.13. The zero-order valence-electron chi connectivity index (χ0n) is 17.2. The molecule has 1 aliphatic heterocycles. The van der Waals surface area contributed by atoms with Crippen molar-refractivity contribution in [2.75, 3.05) is 18.0 Å². The van der Waals surface area contributed by atoms with E-state index in [1.807, 2.05) is 4.90 Å². The predicted octanol–water partition coefficient (Wildman–Crippen LogP) is 5.32. The molecular formula is C24H23F3N2O2. The van der Waals surface area contributed by atoms with Crippen LogP contribution in [0.5, 0.6) is 0 Å². The van der Waals surface area contributed by atoms with Gasteiger partial charge in [-0.25, -0.2) is 13.2 Å². The lowest BCUT2D eigenvalue weighted by molar-refractivity contribution is 0.0931. The minimum Gasteiger partial charge on any atom is -0.459 e. The van der Waals surface area contributed by atoms with Gasteiger partial charge in [-0.3, -0.25) is 9.69 Å². The lowest BCUT2D eigenvalue weighted by Gasteiger charge is -2.38. The summed E-state index contributed by atoms with van der Waals surface area (Å²) in [6, 6.07) is 12.0. The number of aryl methyl sites for hydroxylation is 1. The van der Waals surface area contributed by atoms with E-state index in [0.717, 1.165) is 6.07 Å². The summed E-state index contributed by atoms with van der Waals surface area (Å²) in [4.78, 5) is 16.8. The highest BCUT2D eigenvalue weighted by atomic mass is 19.2. The molecule has 0 atom stereocenters. The maximum atomic E-state index is 14.3. The number of piperidine rings is 1. The van der Waals surface area contributed by atoms with Gasteiger partial charge >= 0.3 is 0 Å². The molecule has 0 unspecified atom stereocenters. The number of carbonyl (C=O) groups is 1. The Hall–Kier alpha value is -3.06. The Labute approximate surface area is 178 Å². The Morgan fingerprint density at radius 1 is 1.06 bits per heavy atom. The summed E-state index contributed by atoms with van der Waals surface area (Å²) in [6.07, 6.45) is 2.65. The molecule has 1 aliphatic rings. The van der Waals surface area contributed by atoms with Gasteiger partial charge in [0.25, 0.3) is 5.91 Å². The summed E-state index contributed by atoms with van der Waals surface area (Å²) < 4.78 is 47.1. The van der Waals surface area contributed by atoms with Gasteiger partial charge in [-0.2, -0.15) is 0 Å². The van der Waals surface area contributed by atoms with E-state index >= 15 is 0 Å². The van der Waals surface area contributed by atoms with Gasteiger partial charge in [-0.05, 0) is 55.7 Å². The molecule has 1 fully saturated rings. The molecule has 2 aromatic carbocycles. The van der Waals surface area contributed by atoms with Crippen molar-refractivity contribution < 1.29 is 22.4 Å². The molecule has 4 nitrogen and oxygen atoms in total. The van der Waals surface area contributed by atoms with Crippen molar-refractivity contribution in [3.05, 3.63) is 89.1 Å². The zero-order valence-corrected chi connectivity index (χ0v) is 17.2. The van der Waals surface area contributed by atoms with Crippen molar-refractivity contribution in [3.63, 3.8) is 0 Å². The molecule has 3 aromatic rings. The van der Waals surface area contributed by atoms with Crippen molar-refractivity contribution in [2.24, 2.45) is 0 Å². The zero-order chi connectivity index (χ0) is 22.0. The van der Waals surface area contributed by atoms with Crippen LogP contribution in [0.15, 0.2) is 59.2 Å². The fourth-order valence-electron chi connectivity index (χ4n) is 3.99. The van der Waals surface area contributed by atoms with Gasteiger partial charge in [0, 0.05) is 36.9 Å². The Morgan fingerprint density at radius 3 is 2.52 bits per heavy atom. The van der Waals surface area contributed by atoms with Gasteiger partial charge in [-0.1, -0.05) is 18.2 Å². The molecule has 0 saturated carbocycles. The third-order valence-corrected chi connectivity index (χ3v) is 5.73. The number of rotatable bonds is 5. The van der Waals surface area contributed by atoms with E-state index in [-0.39, 0.29) is 23.5 Å². The molecule has 4 rings (SSSR count). The standard InChI is InChI=1S/C24H23F3N2O2/c1-16-7-8-19(14-21(16)26)29(24(30)22-6-3-13-31-22)18-9-11-28(12-10-18)15-17-4-2-5-20(25)23(17)27/h2-8,13-14,18H,9-12,15H2,1H3. The van der Waals surface area contributed by atoms with Crippen LogP contribution in [0.25, 0.3) is 0 Å². The maximum absolute atomic E-state index is 14.3. The first-order valence-electron chi connectivity index (χ1n) is 10.2. The van der Waals surface area contributed by atoms with E-state index in [9.17, 15) is 18.0 Å². The molecule has 2 heterocycles. The van der Waals surface area contributed by atoms with Gasteiger partial charge in [0.15, 0.2) is 17.4 Å². The van der Waals surface area contributed by atoms with E-state index in [1.165, 1.54) is 18.4 Å². The van der Waals surface area contributed by atoms with Gasteiger partial charge < -0.3 is 9.32 Å². The van der Waals surface area contributed by atoms with Crippen molar-refractivity contribution in [3.8, 4) is 0 Å². The second-order valence-corrected chi connectivity index (χ2v) is 7.81. The molecule has 0 aliphatic carbocycles. The van der Waals surface area contributed by atoms with E-state index in [1.54, 1.807) is 42.2 Å². The molecule has 0 bridgehead atoms. The predicted molar refractivity (Wildman–Crippen MR) is 111 cm³/mol. The maximum Gasteiger partial charge on any atom is 0.294 e. The van der Waals surface area contributed by atoms with E-state index in [4.69, 9.17) is 4.42 Å². The number of anilines is 1. The number of amides is 1. The van der Waals surface area contributed by atoms with Gasteiger partial charge in [0.2, 0.25) is 0 Å². The van der Waals surface area contributed by atoms with Crippen molar-refractivity contribution in [1.29, 1.82) is 0 Å². The third kappa shape index (κ3) is 4.51. The minimum absolute atomic E-state index is 0.173. The lowest BCUT2D eigenvalue weighted by atomic mass is 10.0. The van der Waals surface area contributed by atoms with E-state index in [0.29, 0.717) is 49.3 Å². The average Bonchev–Trinajstić information content (AvgIpc) is 3.30. The molecule has 1 saturated heterocycles. The molecule has 162 valence electrons. The van der Waals surface area contributed by atoms with E-state index in [2.05, 4.69) is 0 Å². The quantitative estimate of drug-likeness (QED) is 0.552. The number of nitrogens with zero attached hydrogens (tertiary/aromatic N) is 2. The lowest BCUT2D eigenvalue weighted by Crippen LogP contribution is -2.47. The Morgan fingerprint density at radius 2 is 1.84 bits per heavy atom. The van der Waals surface area contributed by atoms with Gasteiger partial charge in [0.05, 0.1) is 6.26 Å². The van der Waals surface area contributed by atoms with Crippen LogP contribution < -0.4 is 4.90 Å². The van der Waals surface area contributed by atoms with Crippen molar-refractivity contribution in [2.45, 2.75) is 32.4 Å². The average molecular weight is 428 g/mol. The van der Waals surface area contributed by atoms with Crippen LogP contribution in [0.2, 0.25) is 0 Å². The monoisotopic (exact) mass is 428 g/mol. The summed E-state index contributed by atoms with van der Waals surface area (Å²) >= 11 is 0. The smallest absolute Gasteiger partial charge is 0.294 e. The Bertz CT molecular complexity index is 1060. The summed E-state index contributed by atoms with van der Waals surface area (Å²) in [5, 5.41) is 0. The van der Waals surface area contributed by atoms with Crippen molar-refractivity contribution in [1.82, 2.24) is 4.90 Å². The van der Waals surface area contributed by atoms with Crippen LogP contribution in [0.3, 0.4) is 0 Å². The van der Waals surface area contributed by atoms with Crippen LogP contribution in [-0.2, 0) is 6.54 Å². The fraction of sp³-hybridized carbons (Fsp3) is 0.292. The highest BCUT2D eigenvalue weighted by Crippen LogP contribution is 2.28. The Balaban J connectivity index is 1.52. The summed E-state index contributed by atoms with van der Waals surface area (Å²) in [6.45, 7) is 3.15. The van der Waals surface area contributed by atoms with Crippen LogP contribution in [0, 0.1) is 24.4 Å². The molecule has 1 amide bonds. The molecule has 31 heavy (non-hydrogen) atoms. The van der Waals surface area contributed by atoms with Gasteiger partial charge in [0.1, 0.15) is 5.82 Å². The fourth-order valence-corrected chi connectivity index (χ4v) is 3.99. The second-order valence-electron chi connectivity index (χ2n) is 7.81. The second kappa shape index (κ2) is 8.98. The first-order valence-corrected chi connectivity index (χ1v) is 10.2. The number of hydrogen-bond acceptors (Lipinski definition) is 3. The molecule has 7 heteroatoms.